The lowest BCUT2D eigenvalue weighted by atomic mass is 9.96. The Labute approximate surface area is 185 Å². The molecular weight excluding hydrogens is 448 g/mol. The third-order valence-electron chi connectivity index (χ3n) is 5.63. The quantitative estimate of drug-likeness (QED) is 0.524. The number of alkyl halides is 6. The van der Waals surface area contributed by atoms with E-state index >= 15 is 0 Å². The molecule has 3 heterocycles. The van der Waals surface area contributed by atoms with E-state index in [-0.39, 0.29) is 17.3 Å². The smallest absolute Gasteiger partial charge is 0.364 e. The summed E-state index contributed by atoms with van der Waals surface area (Å²) in [5.41, 5.74) is -1.64. The molecule has 1 aromatic carbocycles. The standard InChI is InChI=1S/C22H21F6N5/c1-33-8-2-3-15(12-33)30-20-18-11-29-7-6-17(18)19(31-32-20)16-5-4-14(22(26,27)28)9-13(16)10-21(23,24)25/h4-7,9,11,15H,2-3,8,10,12H2,1H3,(H,30,32). The second-order valence-corrected chi connectivity index (χ2v) is 8.23. The van der Waals surface area contributed by atoms with Gasteiger partial charge in [0.05, 0.1) is 12.0 Å². The highest BCUT2D eigenvalue weighted by molar-refractivity contribution is 6.00. The first-order valence-electron chi connectivity index (χ1n) is 10.3. The van der Waals surface area contributed by atoms with Crippen molar-refractivity contribution < 1.29 is 26.3 Å². The van der Waals surface area contributed by atoms with Crippen LogP contribution in [-0.2, 0) is 12.6 Å². The zero-order chi connectivity index (χ0) is 23.8. The van der Waals surface area contributed by atoms with Gasteiger partial charge in [0.15, 0.2) is 5.82 Å². The Morgan fingerprint density at radius 2 is 1.85 bits per heavy atom. The number of nitrogens with zero attached hydrogens (tertiary/aromatic N) is 4. The van der Waals surface area contributed by atoms with Crippen molar-refractivity contribution in [3.8, 4) is 11.3 Å². The van der Waals surface area contributed by atoms with Crippen molar-refractivity contribution in [3.05, 3.63) is 47.8 Å². The summed E-state index contributed by atoms with van der Waals surface area (Å²) in [6.07, 6.45) is -6.08. The van der Waals surface area contributed by atoms with E-state index in [0.717, 1.165) is 38.1 Å². The molecule has 1 saturated heterocycles. The van der Waals surface area contributed by atoms with Crippen molar-refractivity contribution in [2.75, 3.05) is 25.5 Å². The number of anilines is 1. The van der Waals surface area contributed by atoms with Crippen LogP contribution in [0, 0.1) is 0 Å². The first kappa shape index (κ1) is 23.2. The Bertz CT molecular complexity index is 1140. The van der Waals surface area contributed by atoms with E-state index in [9.17, 15) is 26.3 Å². The normalized spacial score (nSPS) is 18.0. The van der Waals surface area contributed by atoms with Crippen LogP contribution in [0.1, 0.15) is 24.0 Å². The minimum absolute atomic E-state index is 0.0482. The fraction of sp³-hybridized carbons (Fsp3) is 0.409. The van der Waals surface area contributed by atoms with Gasteiger partial charge in [-0.25, -0.2) is 0 Å². The summed E-state index contributed by atoms with van der Waals surface area (Å²) >= 11 is 0. The van der Waals surface area contributed by atoms with Crippen LogP contribution in [0.4, 0.5) is 32.2 Å². The van der Waals surface area contributed by atoms with Crippen LogP contribution in [0.25, 0.3) is 22.0 Å². The maximum atomic E-state index is 13.2. The summed E-state index contributed by atoms with van der Waals surface area (Å²) in [4.78, 5) is 6.27. The number of halogens is 6. The number of likely N-dealkylation sites (N-methyl/N-ethyl adjacent to an activating group) is 1. The highest BCUT2D eigenvalue weighted by atomic mass is 19.4. The molecule has 0 bridgehead atoms. The maximum Gasteiger partial charge on any atom is 0.416 e. The molecule has 3 aromatic rings. The fourth-order valence-corrected chi connectivity index (χ4v) is 4.14. The summed E-state index contributed by atoms with van der Waals surface area (Å²) < 4.78 is 79.1. The van der Waals surface area contributed by atoms with E-state index in [0.29, 0.717) is 22.7 Å². The lowest BCUT2D eigenvalue weighted by molar-refractivity contribution is -0.138. The Balaban J connectivity index is 1.80. The van der Waals surface area contributed by atoms with Crippen LogP contribution in [0.5, 0.6) is 0 Å². The second kappa shape index (κ2) is 8.77. The van der Waals surface area contributed by atoms with Gasteiger partial charge in [0.25, 0.3) is 0 Å². The van der Waals surface area contributed by atoms with Gasteiger partial charge in [0.1, 0.15) is 5.69 Å². The minimum atomic E-state index is -4.77. The van der Waals surface area contributed by atoms with Gasteiger partial charge >= 0.3 is 12.4 Å². The van der Waals surface area contributed by atoms with Crippen molar-refractivity contribution in [2.24, 2.45) is 0 Å². The monoisotopic (exact) mass is 469 g/mol. The topological polar surface area (TPSA) is 53.9 Å². The summed E-state index contributed by atoms with van der Waals surface area (Å²) in [5.74, 6) is 0.437. The number of pyridine rings is 1. The molecule has 4 rings (SSSR count). The van der Waals surface area contributed by atoms with Gasteiger partial charge in [-0.3, -0.25) is 4.98 Å². The number of piperidine rings is 1. The zero-order valence-electron chi connectivity index (χ0n) is 17.6. The largest absolute Gasteiger partial charge is 0.416 e. The molecule has 176 valence electrons. The SMILES string of the molecule is CN1CCCC(Nc2nnc(-c3ccc(C(F)(F)F)cc3CC(F)(F)F)c3ccncc23)C1. The van der Waals surface area contributed by atoms with Gasteiger partial charge < -0.3 is 10.2 Å². The maximum absolute atomic E-state index is 13.2. The lowest BCUT2D eigenvalue weighted by Gasteiger charge is -2.30. The second-order valence-electron chi connectivity index (χ2n) is 8.23. The molecule has 1 atom stereocenters. The highest BCUT2D eigenvalue weighted by Crippen LogP contribution is 2.38. The van der Waals surface area contributed by atoms with Gasteiger partial charge in [-0.1, -0.05) is 6.07 Å². The van der Waals surface area contributed by atoms with Crippen LogP contribution < -0.4 is 5.32 Å². The third kappa shape index (κ3) is 5.35. The van der Waals surface area contributed by atoms with Crippen molar-refractivity contribution in [3.63, 3.8) is 0 Å². The molecule has 1 aliphatic rings. The third-order valence-corrected chi connectivity index (χ3v) is 5.63. The molecule has 1 unspecified atom stereocenters. The molecule has 33 heavy (non-hydrogen) atoms. The molecule has 1 aliphatic heterocycles. The molecule has 0 amide bonds. The number of aromatic nitrogens is 3. The average Bonchev–Trinajstić information content (AvgIpc) is 2.72. The zero-order valence-corrected chi connectivity index (χ0v) is 17.6. The van der Waals surface area contributed by atoms with Crippen LogP contribution in [0.15, 0.2) is 36.7 Å². The predicted molar refractivity (Wildman–Crippen MR) is 112 cm³/mol. The fourth-order valence-electron chi connectivity index (χ4n) is 4.14. The molecular formula is C22H21F6N5. The molecule has 0 radical (unpaired) electrons. The summed E-state index contributed by atoms with van der Waals surface area (Å²) in [7, 11) is 2.01. The molecule has 11 heteroatoms. The number of rotatable bonds is 4. The van der Waals surface area contributed by atoms with E-state index < -0.39 is 29.9 Å². The number of hydrogen-bond donors (Lipinski definition) is 1. The van der Waals surface area contributed by atoms with Gasteiger partial charge in [-0.05, 0) is 50.2 Å². The minimum Gasteiger partial charge on any atom is -0.364 e. The van der Waals surface area contributed by atoms with Crippen molar-refractivity contribution in [1.29, 1.82) is 0 Å². The summed E-state index contributed by atoms with van der Waals surface area (Å²) in [6.45, 7) is 1.78. The summed E-state index contributed by atoms with van der Waals surface area (Å²) in [6, 6.07) is 4.00. The Hall–Kier alpha value is -2.95. The molecule has 0 aliphatic carbocycles. The molecule has 0 spiro atoms. The van der Waals surface area contributed by atoms with Gasteiger partial charge in [-0.15, -0.1) is 10.2 Å². The lowest BCUT2D eigenvalue weighted by Crippen LogP contribution is -2.40. The van der Waals surface area contributed by atoms with Crippen LogP contribution in [0.2, 0.25) is 0 Å². The van der Waals surface area contributed by atoms with E-state index in [1.807, 2.05) is 7.05 Å². The van der Waals surface area contributed by atoms with Gasteiger partial charge in [0.2, 0.25) is 0 Å². The van der Waals surface area contributed by atoms with Gasteiger partial charge in [-0.2, -0.15) is 26.3 Å². The predicted octanol–water partition coefficient (Wildman–Crippen LogP) is 5.32. The average molecular weight is 469 g/mol. The number of nitrogens with one attached hydrogen (secondary N) is 1. The molecule has 1 N–H and O–H groups in total. The van der Waals surface area contributed by atoms with Crippen molar-refractivity contribution in [1.82, 2.24) is 20.1 Å². The van der Waals surface area contributed by atoms with Crippen molar-refractivity contribution >= 4 is 16.6 Å². The Kier molecular flexibility index (Phi) is 6.17. The van der Waals surface area contributed by atoms with Gasteiger partial charge in [0, 0.05) is 41.3 Å². The number of benzene rings is 1. The number of hydrogen-bond acceptors (Lipinski definition) is 5. The van der Waals surface area contributed by atoms with E-state index in [4.69, 9.17) is 0 Å². The first-order chi connectivity index (χ1) is 15.5. The molecule has 2 aromatic heterocycles. The molecule has 5 nitrogen and oxygen atoms in total. The Morgan fingerprint density at radius 1 is 1.06 bits per heavy atom. The Morgan fingerprint density at radius 3 is 2.55 bits per heavy atom. The van der Waals surface area contributed by atoms with E-state index in [1.54, 1.807) is 6.07 Å². The van der Waals surface area contributed by atoms with Crippen molar-refractivity contribution in [2.45, 2.75) is 37.7 Å². The first-order valence-corrected chi connectivity index (χ1v) is 10.3. The van der Waals surface area contributed by atoms with E-state index in [2.05, 4.69) is 25.4 Å². The number of fused-ring (bicyclic) bond motifs is 1. The van der Waals surface area contributed by atoms with Crippen LogP contribution in [-0.4, -0.2) is 52.4 Å². The molecule has 0 saturated carbocycles. The number of likely N-dealkylation sites (tertiary alicyclic amines) is 1. The summed E-state index contributed by atoms with van der Waals surface area (Å²) in [5, 5.41) is 12.6. The van der Waals surface area contributed by atoms with Crippen LogP contribution in [0.3, 0.4) is 0 Å². The van der Waals surface area contributed by atoms with E-state index in [1.165, 1.54) is 12.4 Å². The highest BCUT2D eigenvalue weighted by Gasteiger charge is 2.34. The molecule has 1 fully saturated rings. The van der Waals surface area contributed by atoms with Crippen LogP contribution >= 0.6 is 0 Å².